The molecule has 1 saturated carbocycles. The Bertz CT molecular complexity index is 1220. The van der Waals surface area contributed by atoms with E-state index >= 15 is 4.39 Å². The van der Waals surface area contributed by atoms with Crippen molar-refractivity contribution in [3.63, 3.8) is 0 Å². The van der Waals surface area contributed by atoms with Crippen LogP contribution in [-0.4, -0.2) is 24.3 Å². The summed E-state index contributed by atoms with van der Waals surface area (Å²) in [5.74, 6) is 0.719. The van der Waals surface area contributed by atoms with Gasteiger partial charge >= 0.3 is 5.97 Å². The summed E-state index contributed by atoms with van der Waals surface area (Å²) < 4.78 is 20.2. The average molecular weight is 529 g/mol. The molecule has 0 radical (unpaired) electrons. The van der Waals surface area contributed by atoms with Crippen molar-refractivity contribution in [3.05, 3.63) is 95.8 Å². The maximum Gasteiger partial charge on any atom is 0.335 e. The highest BCUT2D eigenvalue weighted by molar-refractivity contribution is 5.87. The minimum absolute atomic E-state index is 0.0376. The predicted octanol–water partition coefficient (Wildman–Crippen LogP) is 8.65. The fourth-order valence-corrected chi connectivity index (χ4v) is 5.62. The van der Waals surface area contributed by atoms with E-state index in [0.29, 0.717) is 17.9 Å². The molecular weight excluding hydrogens is 487 g/mol. The van der Waals surface area contributed by atoms with Crippen LogP contribution in [0.3, 0.4) is 0 Å². The molecule has 1 N–H and O–H groups in total. The van der Waals surface area contributed by atoms with Gasteiger partial charge < -0.3 is 9.84 Å². The number of hydrogen-bond donors (Lipinski definition) is 1. The second-order valence-electron chi connectivity index (χ2n) is 10.9. The van der Waals surface area contributed by atoms with E-state index in [2.05, 4.69) is 37.8 Å². The number of aliphatic hydroxyl groups is 1. The van der Waals surface area contributed by atoms with Gasteiger partial charge in [-0.05, 0) is 71.4 Å². The number of rotatable bonds is 12. The Morgan fingerprint density at radius 3 is 2.23 bits per heavy atom. The first kappa shape index (κ1) is 28.8. The van der Waals surface area contributed by atoms with Crippen LogP contribution in [0, 0.1) is 11.7 Å². The number of carbonyl (C=O) groups excluding carboxylic acids is 1. The lowest BCUT2D eigenvalue weighted by Crippen LogP contribution is -2.13. The first-order chi connectivity index (χ1) is 19.0. The van der Waals surface area contributed by atoms with Gasteiger partial charge in [0, 0.05) is 12.0 Å². The summed E-state index contributed by atoms with van der Waals surface area (Å²) in [6.07, 6.45) is 11.2. The number of benzene rings is 3. The van der Waals surface area contributed by atoms with E-state index in [4.69, 9.17) is 9.84 Å². The summed E-state index contributed by atoms with van der Waals surface area (Å²) >= 11 is 0. The van der Waals surface area contributed by atoms with E-state index in [1.54, 1.807) is 6.07 Å². The summed E-state index contributed by atoms with van der Waals surface area (Å²) in [6, 6.07) is 21.8. The van der Waals surface area contributed by atoms with Crippen molar-refractivity contribution in [3.8, 4) is 22.3 Å². The number of halogens is 1. The van der Waals surface area contributed by atoms with Crippen molar-refractivity contribution in [1.82, 2.24) is 0 Å². The van der Waals surface area contributed by atoms with Gasteiger partial charge in [-0.1, -0.05) is 99.8 Å². The Balaban J connectivity index is 1.33. The van der Waals surface area contributed by atoms with Gasteiger partial charge in [0.05, 0.1) is 18.8 Å². The van der Waals surface area contributed by atoms with E-state index in [1.165, 1.54) is 56.9 Å². The van der Waals surface area contributed by atoms with E-state index < -0.39 is 12.6 Å². The van der Waals surface area contributed by atoms with Crippen molar-refractivity contribution in [2.45, 2.75) is 70.6 Å². The van der Waals surface area contributed by atoms with Crippen molar-refractivity contribution < 1.29 is 19.0 Å². The first-order valence-corrected chi connectivity index (χ1v) is 14.4. The Hall–Kier alpha value is -3.24. The highest BCUT2D eigenvalue weighted by Gasteiger charge is 2.22. The lowest BCUT2D eigenvalue weighted by atomic mass is 9.77. The van der Waals surface area contributed by atoms with E-state index in [0.717, 1.165) is 28.2 Å². The normalized spacial score (nSPS) is 17.1. The van der Waals surface area contributed by atoms with Gasteiger partial charge in [-0.3, -0.25) is 0 Å². The molecule has 3 aromatic rings. The Labute approximate surface area is 232 Å². The molecule has 3 aromatic carbocycles. The average Bonchev–Trinajstić information content (AvgIpc) is 2.97. The molecule has 1 aliphatic rings. The fourth-order valence-electron chi connectivity index (χ4n) is 5.62. The van der Waals surface area contributed by atoms with Crippen LogP contribution in [0.1, 0.15) is 75.3 Å². The fraction of sp³-hybridized carbons (Fsp3) is 0.400. The molecule has 0 heterocycles. The van der Waals surface area contributed by atoms with Crippen LogP contribution >= 0.6 is 0 Å². The molecule has 0 spiro atoms. The molecule has 1 aliphatic carbocycles. The molecule has 0 unspecified atom stereocenters. The lowest BCUT2D eigenvalue weighted by molar-refractivity contribution is -0.139. The molecule has 1 fully saturated rings. The second kappa shape index (κ2) is 14.2. The van der Waals surface area contributed by atoms with E-state index in [1.807, 2.05) is 36.4 Å². The summed E-state index contributed by atoms with van der Waals surface area (Å²) in [5, 5.41) is 8.93. The molecule has 3 nitrogen and oxygen atoms in total. The van der Waals surface area contributed by atoms with Gasteiger partial charge in [0.2, 0.25) is 0 Å². The molecule has 0 aliphatic heterocycles. The van der Waals surface area contributed by atoms with Gasteiger partial charge in [-0.15, -0.1) is 0 Å². The van der Waals surface area contributed by atoms with Crippen molar-refractivity contribution >= 4 is 5.97 Å². The highest BCUT2D eigenvalue weighted by Crippen LogP contribution is 2.38. The predicted molar refractivity (Wildman–Crippen MR) is 157 cm³/mol. The third-order valence-electron chi connectivity index (χ3n) is 8.12. The van der Waals surface area contributed by atoms with Crippen LogP contribution in [0.4, 0.5) is 4.39 Å². The summed E-state index contributed by atoms with van der Waals surface area (Å²) in [5.41, 5.74) is 5.70. The summed E-state index contributed by atoms with van der Waals surface area (Å²) in [4.78, 5) is 11.6. The van der Waals surface area contributed by atoms with Crippen LogP contribution in [0.15, 0.2) is 78.9 Å². The highest BCUT2D eigenvalue weighted by atomic mass is 19.1. The molecular formula is C35H41FO3. The van der Waals surface area contributed by atoms with Crippen LogP contribution < -0.4 is 0 Å². The zero-order chi connectivity index (χ0) is 27.6. The molecule has 206 valence electrons. The van der Waals surface area contributed by atoms with E-state index in [9.17, 15) is 4.79 Å². The summed E-state index contributed by atoms with van der Waals surface area (Å²) in [7, 11) is 0. The van der Waals surface area contributed by atoms with Crippen LogP contribution in [0.2, 0.25) is 0 Å². The zero-order valence-corrected chi connectivity index (χ0v) is 23.1. The van der Waals surface area contributed by atoms with Gasteiger partial charge in [-0.2, -0.15) is 0 Å². The third-order valence-corrected chi connectivity index (χ3v) is 8.12. The standard InChI is InChI=1S/C35H41FO3/c1-3-4-5-6-26-7-11-28(12-8-26)29-15-17-30(18-16-29)32-19-20-33(34(36)23-32)31-13-9-27(10-14-31)21-22-39-35(38)25(2)24-37/h9-10,13-20,23,26,28,37H,2-8,11-12,21-22,24H2,1H3. The molecule has 4 rings (SSSR count). The molecule has 0 atom stereocenters. The van der Waals surface area contributed by atoms with Gasteiger partial charge in [0.25, 0.3) is 0 Å². The first-order valence-electron chi connectivity index (χ1n) is 14.4. The number of ether oxygens (including phenoxy) is 1. The SMILES string of the molecule is C=C(CO)C(=O)OCCc1ccc(-c2ccc(-c3ccc(C4CCC(CCCCC)CC4)cc3)cc2F)cc1. The summed E-state index contributed by atoms with van der Waals surface area (Å²) in [6.45, 7) is 5.51. The number of carbonyl (C=O) groups is 1. The monoisotopic (exact) mass is 528 g/mol. The minimum atomic E-state index is -0.591. The minimum Gasteiger partial charge on any atom is -0.462 e. The smallest absolute Gasteiger partial charge is 0.335 e. The quantitative estimate of drug-likeness (QED) is 0.145. The molecule has 39 heavy (non-hydrogen) atoms. The third kappa shape index (κ3) is 7.89. The zero-order valence-electron chi connectivity index (χ0n) is 23.1. The molecule has 0 bridgehead atoms. The van der Waals surface area contributed by atoms with Crippen molar-refractivity contribution in [2.24, 2.45) is 5.92 Å². The second-order valence-corrected chi connectivity index (χ2v) is 10.9. The number of unbranched alkanes of at least 4 members (excludes halogenated alkanes) is 2. The maximum atomic E-state index is 15.2. The molecule has 0 amide bonds. The number of hydrogen-bond acceptors (Lipinski definition) is 3. The Kier molecular flexibility index (Phi) is 10.5. The maximum absolute atomic E-state index is 15.2. The van der Waals surface area contributed by atoms with Crippen LogP contribution in [-0.2, 0) is 16.0 Å². The number of aliphatic hydroxyl groups excluding tert-OH is 1. The molecule has 0 saturated heterocycles. The Morgan fingerprint density at radius 1 is 0.923 bits per heavy atom. The van der Waals surface area contributed by atoms with E-state index in [-0.39, 0.29) is 18.0 Å². The van der Waals surface area contributed by atoms with Crippen LogP contribution in [0.5, 0.6) is 0 Å². The lowest BCUT2D eigenvalue weighted by Gasteiger charge is -2.29. The van der Waals surface area contributed by atoms with Gasteiger partial charge in [-0.25, -0.2) is 9.18 Å². The van der Waals surface area contributed by atoms with Crippen LogP contribution in [0.25, 0.3) is 22.3 Å². The number of esters is 1. The topological polar surface area (TPSA) is 46.5 Å². The van der Waals surface area contributed by atoms with Crippen molar-refractivity contribution in [1.29, 1.82) is 0 Å². The van der Waals surface area contributed by atoms with Gasteiger partial charge in [0.15, 0.2) is 0 Å². The largest absolute Gasteiger partial charge is 0.462 e. The molecule has 0 aromatic heterocycles. The van der Waals surface area contributed by atoms with Crippen molar-refractivity contribution in [2.75, 3.05) is 13.2 Å². The molecule has 4 heteroatoms. The Morgan fingerprint density at radius 2 is 1.59 bits per heavy atom. The van der Waals surface area contributed by atoms with Gasteiger partial charge in [0.1, 0.15) is 5.82 Å².